The largest absolute Gasteiger partial charge is 0.326 e. The van der Waals surface area contributed by atoms with Crippen LogP contribution >= 0.6 is 11.6 Å². The summed E-state index contributed by atoms with van der Waals surface area (Å²) in [6.45, 7) is 1.31. The van der Waals surface area contributed by atoms with Gasteiger partial charge in [-0.15, -0.1) is 0 Å². The molecule has 5 heteroatoms. The van der Waals surface area contributed by atoms with E-state index >= 15 is 0 Å². The van der Waals surface area contributed by atoms with Crippen molar-refractivity contribution in [2.75, 3.05) is 5.32 Å². The lowest BCUT2D eigenvalue weighted by Crippen LogP contribution is -2.12. The van der Waals surface area contributed by atoms with Crippen LogP contribution in [0.2, 0.25) is 5.02 Å². The van der Waals surface area contributed by atoms with Crippen molar-refractivity contribution in [1.82, 2.24) is 0 Å². The minimum atomic E-state index is -0.561. The molecule has 1 amide bonds. The average Bonchev–Trinajstić information content (AvgIpc) is 2.40. The maximum absolute atomic E-state index is 13.4. The summed E-state index contributed by atoms with van der Waals surface area (Å²) in [6.07, 6.45) is 0. The standard InChI is InChI=1S/C15H11ClFNO2/c1-9(19)18-14-7-6-10(17)8-12(14)15(20)11-4-2-3-5-13(11)16/h2-8H,1H3,(H,18,19). The van der Waals surface area contributed by atoms with Gasteiger partial charge in [0.25, 0.3) is 0 Å². The average molecular weight is 292 g/mol. The zero-order chi connectivity index (χ0) is 14.7. The first-order valence-electron chi connectivity index (χ1n) is 5.85. The van der Waals surface area contributed by atoms with Crippen LogP contribution in [0.4, 0.5) is 10.1 Å². The Balaban J connectivity index is 2.51. The van der Waals surface area contributed by atoms with Crippen molar-refractivity contribution in [3.05, 3.63) is 64.4 Å². The number of anilines is 1. The number of benzene rings is 2. The molecule has 2 aromatic rings. The van der Waals surface area contributed by atoms with Crippen LogP contribution in [0.25, 0.3) is 0 Å². The summed E-state index contributed by atoms with van der Waals surface area (Å²) in [7, 11) is 0. The van der Waals surface area contributed by atoms with Gasteiger partial charge in [-0.1, -0.05) is 23.7 Å². The number of halogens is 2. The summed E-state index contributed by atoms with van der Waals surface area (Å²) in [5, 5.41) is 2.77. The van der Waals surface area contributed by atoms with E-state index < -0.39 is 11.6 Å². The van der Waals surface area contributed by atoms with Gasteiger partial charge < -0.3 is 5.32 Å². The summed E-state index contributed by atoms with van der Waals surface area (Å²) in [6, 6.07) is 10.1. The third-order valence-electron chi connectivity index (χ3n) is 2.66. The smallest absolute Gasteiger partial charge is 0.221 e. The normalized spacial score (nSPS) is 10.2. The maximum Gasteiger partial charge on any atom is 0.221 e. The molecule has 0 spiro atoms. The fraction of sp³-hybridized carbons (Fsp3) is 0.0667. The van der Waals surface area contributed by atoms with E-state index in [1.54, 1.807) is 24.3 Å². The predicted octanol–water partition coefficient (Wildman–Crippen LogP) is 3.67. The Hall–Kier alpha value is -2.20. The lowest BCUT2D eigenvalue weighted by atomic mass is 10.0. The summed E-state index contributed by atoms with van der Waals surface area (Å²) in [5.74, 6) is -1.35. The van der Waals surface area contributed by atoms with E-state index in [1.165, 1.54) is 19.1 Å². The van der Waals surface area contributed by atoms with Crippen molar-refractivity contribution in [2.45, 2.75) is 6.92 Å². The molecule has 0 aromatic heterocycles. The van der Waals surface area contributed by atoms with Crippen molar-refractivity contribution in [3.63, 3.8) is 0 Å². The Labute approximate surface area is 120 Å². The van der Waals surface area contributed by atoms with E-state index in [0.29, 0.717) is 0 Å². The molecule has 0 aliphatic carbocycles. The molecule has 3 nitrogen and oxygen atoms in total. The van der Waals surface area contributed by atoms with Crippen molar-refractivity contribution in [1.29, 1.82) is 0 Å². The van der Waals surface area contributed by atoms with E-state index in [2.05, 4.69) is 5.32 Å². The van der Waals surface area contributed by atoms with Crippen LogP contribution < -0.4 is 5.32 Å². The second-order valence-electron chi connectivity index (χ2n) is 4.18. The highest BCUT2D eigenvalue weighted by molar-refractivity contribution is 6.35. The molecule has 2 rings (SSSR count). The lowest BCUT2D eigenvalue weighted by Gasteiger charge is -2.10. The first-order valence-corrected chi connectivity index (χ1v) is 6.23. The molecule has 0 saturated carbocycles. The number of hydrogen-bond acceptors (Lipinski definition) is 2. The number of rotatable bonds is 3. The topological polar surface area (TPSA) is 46.2 Å². The van der Waals surface area contributed by atoms with Gasteiger partial charge in [-0.2, -0.15) is 0 Å². The van der Waals surface area contributed by atoms with E-state index in [1.807, 2.05) is 0 Å². The second kappa shape index (κ2) is 5.84. The lowest BCUT2D eigenvalue weighted by molar-refractivity contribution is -0.114. The van der Waals surface area contributed by atoms with E-state index in [0.717, 1.165) is 6.07 Å². The van der Waals surface area contributed by atoms with Crippen LogP contribution in [-0.2, 0) is 4.79 Å². The quantitative estimate of drug-likeness (QED) is 0.877. The minimum absolute atomic E-state index is 0.0632. The minimum Gasteiger partial charge on any atom is -0.326 e. The molecule has 0 saturated heterocycles. The molecule has 0 unspecified atom stereocenters. The van der Waals surface area contributed by atoms with Gasteiger partial charge in [-0.25, -0.2) is 4.39 Å². The van der Waals surface area contributed by atoms with Crippen molar-refractivity contribution in [2.24, 2.45) is 0 Å². The molecule has 2 aromatic carbocycles. The Morgan fingerprint density at radius 3 is 2.45 bits per heavy atom. The fourth-order valence-electron chi connectivity index (χ4n) is 1.79. The molecule has 1 N–H and O–H groups in total. The molecule has 0 radical (unpaired) electrons. The first-order chi connectivity index (χ1) is 9.49. The number of amides is 1. The van der Waals surface area contributed by atoms with Gasteiger partial charge in [0.05, 0.1) is 10.7 Å². The van der Waals surface area contributed by atoms with Crippen LogP contribution in [0.15, 0.2) is 42.5 Å². The zero-order valence-corrected chi connectivity index (χ0v) is 11.4. The van der Waals surface area contributed by atoms with Crippen molar-refractivity contribution >= 4 is 29.0 Å². The maximum atomic E-state index is 13.4. The molecule has 0 atom stereocenters. The summed E-state index contributed by atoms with van der Waals surface area (Å²) in [4.78, 5) is 23.6. The van der Waals surface area contributed by atoms with Crippen molar-refractivity contribution < 1.29 is 14.0 Å². The molecule has 20 heavy (non-hydrogen) atoms. The Kier molecular flexibility index (Phi) is 4.15. The summed E-state index contributed by atoms with van der Waals surface area (Å²) >= 11 is 5.96. The molecule has 0 aliphatic heterocycles. The van der Waals surface area contributed by atoms with Crippen LogP contribution in [0, 0.1) is 5.82 Å². The van der Waals surface area contributed by atoms with Gasteiger partial charge in [0.15, 0.2) is 5.78 Å². The van der Waals surface area contributed by atoms with Crippen molar-refractivity contribution in [3.8, 4) is 0 Å². The van der Waals surface area contributed by atoms with Gasteiger partial charge in [0, 0.05) is 18.1 Å². The van der Waals surface area contributed by atoms with Crippen LogP contribution in [-0.4, -0.2) is 11.7 Å². The molecule has 102 valence electrons. The first kappa shape index (κ1) is 14.2. The Morgan fingerprint density at radius 1 is 1.10 bits per heavy atom. The Morgan fingerprint density at radius 2 is 1.80 bits per heavy atom. The molecule has 0 fully saturated rings. The number of nitrogens with one attached hydrogen (secondary N) is 1. The number of hydrogen-bond donors (Lipinski definition) is 1. The van der Waals surface area contributed by atoms with E-state index in [9.17, 15) is 14.0 Å². The van der Waals surface area contributed by atoms with Crippen LogP contribution in [0.1, 0.15) is 22.8 Å². The molecular formula is C15H11ClFNO2. The highest BCUT2D eigenvalue weighted by Crippen LogP contribution is 2.24. The monoisotopic (exact) mass is 291 g/mol. The van der Waals surface area contributed by atoms with Crippen LogP contribution in [0.5, 0.6) is 0 Å². The van der Waals surface area contributed by atoms with Gasteiger partial charge >= 0.3 is 0 Å². The van der Waals surface area contributed by atoms with Gasteiger partial charge in [-0.05, 0) is 30.3 Å². The molecule has 0 bridgehead atoms. The highest BCUT2D eigenvalue weighted by Gasteiger charge is 2.17. The summed E-state index contributed by atoms with van der Waals surface area (Å²) < 4.78 is 13.4. The molecule has 0 aliphatic rings. The SMILES string of the molecule is CC(=O)Nc1ccc(F)cc1C(=O)c1ccccc1Cl. The third-order valence-corrected chi connectivity index (χ3v) is 2.99. The molecule has 0 heterocycles. The summed E-state index contributed by atoms with van der Waals surface area (Å²) in [5.41, 5.74) is 0.573. The molecular weight excluding hydrogens is 281 g/mol. The highest BCUT2D eigenvalue weighted by atomic mass is 35.5. The van der Waals surface area contributed by atoms with Gasteiger partial charge in [-0.3, -0.25) is 9.59 Å². The zero-order valence-electron chi connectivity index (χ0n) is 10.6. The fourth-order valence-corrected chi connectivity index (χ4v) is 2.01. The number of carbonyl (C=O) groups excluding carboxylic acids is 2. The van der Waals surface area contributed by atoms with E-state index in [-0.39, 0.29) is 27.7 Å². The van der Waals surface area contributed by atoms with Gasteiger partial charge in [0.1, 0.15) is 5.82 Å². The van der Waals surface area contributed by atoms with Crippen LogP contribution in [0.3, 0.4) is 0 Å². The number of carbonyl (C=O) groups is 2. The van der Waals surface area contributed by atoms with E-state index in [4.69, 9.17) is 11.6 Å². The Bertz CT molecular complexity index is 685. The third kappa shape index (κ3) is 3.03. The number of ketones is 1. The predicted molar refractivity (Wildman–Crippen MR) is 75.6 cm³/mol. The van der Waals surface area contributed by atoms with Gasteiger partial charge in [0.2, 0.25) is 5.91 Å². The second-order valence-corrected chi connectivity index (χ2v) is 4.59.